The predicted octanol–water partition coefficient (Wildman–Crippen LogP) is 0.432. The fourth-order valence-electron chi connectivity index (χ4n) is 1.47. The molecule has 0 unspecified atom stereocenters. The Morgan fingerprint density at radius 2 is 2.00 bits per heavy atom. The minimum Gasteiger partial charge on any atom is -0.480 e. The van der Waals surface area contributed by atoms with E-state index in [2.05, 4.69) is 0 Å². The van der Waals surface area contributed by atoms with Gasteiger partial charge in [-0.25, -0.2) is 9.59 Å². The van der Waals surface area contributed by atoms with Crippen LogP contribution in [0.25, 0.3) is 0 Å². The molecular weight excluding hydrogens is 190 g/mol. The van der Waals surface area contributed by atoms with E-state index >= 15 is 0 Å². The number of carboxylic acid groups (broad SMARTS) is 2. The molecule has 0 aromatic rings. The lowest BCUT2D eigenvalue weighted by molar-refractivity contribution is -0.141. The molecule has 1 heterocycles. The first-order chi connectivity index (χ1) is 6.45. The van der Waals surface area contributed by atoms with E-state index in [4.69, 9.17) is 14.9 Å². The number of carboxylic acids is 1. The van der Waals surface area contributed by atoms with Gasteiger partial charge in [0.05, 0.1) is 6.61 Å². The third-order valence-electron chi connectivity index (χ3n) is 2.11. The second-order valence-corrected chi connectivity index (χ2v) is 3.51. The Balaban J connectivity index is 2.85. The Kier molecular flexibility index (Phi) is 2.95. The van der Waals surface area contributed by atoms with Crippen LogP contribution in [-0.2, 0) is 9.53 Å². The fourth-order valence-corrected chi connectivity index (χ4v) is 1.47. The van der Waals surface area contributed by atoms with Crippen LogP contribution in [0.15, 0.2) is 0 Å². The van der Waals surface area contributed by atoms with Crippen LogP contribution in [0.2, 0.25) is 0 Å². The van der Waals surface area contributed by atoms with Crippen LogP contribution in [0.5, 0.6) is 0 Å². The highest BCUT2D eigenvalue weighted by Crippen LogP contribution is 2.23. The first-order valence-corrected chi connectivity index (χ1v) is 4.30. The molecule has 0 bridgehead atoms. The van der Waals surface area contributed by atoms with E-state index < -0.39 is 24.3 Å². The largest absolute Gasteiger partial charge is 0.480 e. The summed E-state index contributed by atoms with van der Waals surface area (Å²) in [5.41, 5.74) is 0. The molecule has 0 radical (unpaired) electrons. The van der Waals surface area contributed by atoms with Crippen LogP contribution in [0.1, 0.15) is 13.8 Å². The average molecular weight is 203 g/mol. The van der Waals surface area contributed by atoms with Gasteiger partial charge in [-0.3, -0.25) is 4.90 Å². The van der Waals surface area contributed by atoms with Gasteiger partial charge in [-0.1, -0.05) is 13.8 Å². The Morgan fingerprint density at radius 3 is 2.36 bits per heavy atom. The van der Waals surface area contributed by atoms with Crippen molar-refractivity contribution >= 4 is 12.1 Å². The monoisotopic (exact) mass is 203 g/mol. The van der Waals surface area contributed by atoms with E-state index in [0.717, 1.165) is 4.90 Å². The van der Waals surface area contributed by atoms with Gasteiger partial charge < -0.3 is 14.9 Å². The first-order valence-electron chi connectivity index (χ1n) is 4.30. The van der Waals surface area contributed by atoms with Gasteiger partial charge in [0.15, 0.2) is 6.04 Å². The van der Waals surface area contributed by atoms with E-state index in [1.54, 1.807) is 13.8 Å². The zero-order chi connectivity index (χ0) is 10.9. The van der Waals surface area contributed by atoms with Crippen LogP contribution in [0, 0.1) is 5.92 Å². The molecule has 0 aromatic carbocycles. The molecule has 1 aliphatic rings. The number of aliphatic carboxylic acids is 1. The summed E-state index contributed by atoms with van der Waals surface area (Å²) < 4.78 is 5.13. The topological polar surface area (TPSA) is 87.1 Å². The maximum atomic E-state index is 10.8. The number of amides is 1. The van der Waals surface area contributed by atoms with Crippen molar-refractivity contribution in [1.82, 2.24) is 4.90 Å². The van der Waals surface area contributed by atoms with Crippen molar-refractivity contribution in [3.63, 3.8) is 0 Å². The number of rotatable bonds is 2. The molecule has 2 atom stereocenters. The summed E-state index contributed by atoms with van der Waals surface area (Å²) in [6.07, 6.45) is -1.91. The van der Waals surface area contributed by atoms with Gasteiger partial charge in [0.1, 0.15) is 6.23 Å². The molecular formula is C8H13NO5. The second-order valence-electron chi connectivity index (χ2n) is 3.51. The van der Waals surface area contributed by atoms with Crippen molar-refractivity contribution < 1.29 is 24.5 Å². The highest BCUT2D eigenvalue weighted by atomic mass is 16.5. The molecule has 1 amide bonds. The maximum absolute atomic E-state index is 10.8. The molecule has 0 aromatic heterocycles. The molecule has 0 spiro atoms. The highest BCUT2D eigenvalue weighted by Gasteiger charge is 2.43. The van der Waals surface area contributed by atoms with E-state index in [-0.39, 0.29) is 12.5 Å². The van der Waals surface area contributed by atoms with Crippen molar-refractivity contribution in [2.24, 2.45) is 5.92 Å². The molecule has 80 valence electrons. The number of nitrogens with zero attached hydrogens (tertiary/aromatic N) is 1. The van der Waals surface area contributed by atoms with Crippen molar-refractivity contribution in [3.05, 3.63) is 0 Å². The standard InChI is InChI=1S/C8H13NO5/c1-4(2)6-9(8(12)13)5(3-14-6)7(10)11/h4-6H,3H2,1-2H3,(H,10,11)(H,12,13)/t5-,6+/m0/s1. The SMILES string of the molecule is CC(C)[C@H]1OC[C@@H](C(=O)O)N1C(=O)O. The Hall–Kier alpha value is -1.30. The molecule has 0 saturated carbocycles. The van der Waals surface area contributed by atoms with E-state index in [0.29, 0.717) is 0 Å². The summed E-state index contributed by atoms with van der Waals surface area (Å²) in [7, 11) is 0. The minimum absolute atomic E-state index is 0.0598. The Labute approximate surface area is 81.1 Å². The lowest BCUT2D eigenvalue weighted by Gasteiger charge is -2.25. The fraction of sp³-hybridized carbons (Fsp3) is 0.750. The summed E-state index contributed by atoms with van der Waals surface area (Å²) in [4.78, 5) is 22.4. The molecule has 1 rings (SSSR count). The molecule has 0 aliphatic carbocycles. The molecule has 1 fully saturated rings. The summed E-state index contributed by atoms with van der Waals surface area (Å²) in [6.45, 7) is 3.49. The Bertz CT molecular complexity index is 252. The van der Waals surface area contributed by atoms with Gasteiger partial charge in [-0.15, -0.1) is 0 Å². The molecule has 1 aliphatic heterocycles. The first kappa shape index (κ1) is 10.8. The summed E-state index contributed by atoms with van der Waals surface area (Å²) >= 11 is 0. The van der Waals surface area contributed by atoms with Gasteiger partial charge in [-0.05, 0) is 5.92 Å². The van der Waals surface area contributed by atoms with Gasteiger partial charge in [0.25, 0.3) is 0 Å². The van der Waals surface area contributed by atoms with Gasteiger partial charge in [-0.2, -0.15) is 0 Å². The average Bonchev–Trinajstić information content (AvgIpc) is 2.46. The van der Waals surface area contributed by atoms with Crippen LogP contribution < -0.4 is 0 Å². The Morgan fingerprint density at radius 1 is 1.43 bits per heavy atom. The van der Waals surface area contributed by atoms with Crippen LogP contribution in [0.4, 0.5) is 4.79 Å². The van der Waals surface area contributed by atoms with Crippen molar-refractivity contribution in [3.8, 4) is 0 Å². The number of carbonyl (C=O) groups is 2. The van der Waals surface area contributed by atoms with Gasteiger partial charge in [0, 0.05) is 0 Å². The third kappa shape index (κ3) is 1.79. The van der Waals surface area contributed by atoms with Gasteiger partial charge >= 0.3 is 12.1 Å². The van der Waals surface area contributed by atoms with Crippen LogP contribution in [-0.4, -0.2) is 46.1 Å². The van der Waals surface area contributed by atoms with Crippen molar-refractivity contribution in [2.45, 2.75) is 26.1 Å². The van der Waals surface area contributed by atoms with Crippen LogP contribution >= 0.6 is 0 Å². The zero-order valence-electron chi connectivity index (χ0n) is 8.01. The molecule has 6 nitrogen and oxygen atoms in total. The summed E-state index contributed by atoms with van der Waals surface area (Å²) in [5, 5.41) is 17.6. The summed E-state index contributed by atoms with van der Waals surface area (Å²) in [6, 6.07) is -1.08. The predicted molar refractivity (Wildman–Crippen MR) is 45.9 cm³/mol. The number of hydrogen-bond acceptors (Lipinski definition) is 3. The third-order valence-corrected chi connectivity index (χ3v) is 2.11. The zero-order valence-corrected chi connectivity index (χ0v) is 8.01. The quantitative estimate of drug-likeness (QED) is 0.679. The van der Waals surface area contributed by atoms with Crippen LogP contribution in [0.3, 0.4) is 0 Å². The lowest BCUT2D eigenvalue weighted by atomic mass is 10.1. The number of ether oxygens (including phenoxy) is 1. The van der Waals surface area contributed by atoms with Crippen molar-refractivity contribution in [1.29, 1.82) is 0 Å². The highest BCUT2D eigenvalue weighted by molar-refractivity contribution is 5.80. The van der Waals surface area contributed by atoms with E-state index in [9.17, 15) is 9.59 Å². The number of hydrogen-bond donors (Lipinski definition) is 2. The summed E-state index contributed by atoms with van der Waals surface area (Å²) in [5.74, 6) is -1.23. The smallest absolute Gasteiger partial charge is 0.410 e. The lowest BCUT2D eigenvalue weighted by Crippen LogP contribution is -2.46. The maximum Gasteiger partial charge on any atom is 0.410 e. The van der Waals surface area contributed by atoms with E-state index in [1.165, 1.54) is 0 Å². The minimum atomic E-state index is -1.26. The van der Waals surface area contributed by atoms with E-state index in [1.807, 2.05) is 0 Å². The molecule has 1 saturated heterocycles. The normalized spacial score (nSPS) is 26.9. The molecule has 2 N–H and O–H groups in total. The second kappa shape index (κ2) is 3.83. The molecule has 14 heavy (non-hydrogen) atoms. The molecule has 6 heteroatoms. The van der Waals surface area contributed by atoms with Gasteiger partial charge in [0.2, 0.25) is 0 Å². The van der Waals surface area contributed by atoms with Crippen molar-refractivity contribution in [2.75, 3.05) is 6.61 Å².